The first kappa shape index (κ1) is 16.5. The second kappa shape index (κ2) is 6.92. The summed E-state index contributed by atoms with van der Waals surface area (Å²) in [5.41, 5.74) is 3.20. The second-order valence-corrected chi connectivity index (χ2v) is 5.82. The van der Waals surface area contributed by atoms with E-state index in [2.05, 4.69) is 0 Å². The number of aliphatic hydroxyl groups is 1. The minimum atomic E-state index is -0.578. The van der Waals surface area contributed by atoms with Gasteiger partial charge >= 0.3 is 11.9 Å². The van der Waals surface area contributed by atoms with E-state index in [-0.39, 0.29) is 6.61 Å². The fourth-order valence-electron chi connectivity index (χ4n) is 2.60. The first-order valence-corrected chi connectivity index (χ1v) is 7.46. The molecule has 5 nitrogen and oxygen atoms in total. The molecule has 0 saturated carbocycles. The van der Waals surface area contributed by atoms with Crippen molar-refractivity contribution in [3.05, 3.63) is 34.4 Å². The Morgan fingerprint density at radius 2 is 2.14 bits per heavy atom. The summed E-state index contributed by atoms with van der Waals surface area (Å²) in [6.45, 7) is 5.08. The van der Waals surface area contributed by atoms with Crippen LogP contribution < -0.4 is 0 Å². The molecule has 0 bridgehead atoms. The summed E-state index contributed by atoms with van der Waals surface area (Å²) in [5.74, 6) is -0.872. The molecule has 2 rings (SSSR count). The van der Waals surface area contributed by atoms with E-state index in [9.17, 15) is 14.7 Å². The fourth-order valence-corrected chi connectivity index (χ4v) is 2.60. The van der Waals surface area contributed by atoms with Crippen LogP contribution in [0, 0.1) is 0 Å². The number of fused-ring (bicyclic) bond motifs is 1. The second-order valence-electron chi connectivity index (χ2n) is 5.82. The number of allylic oxidation sites excluding steroid dienone is 1. The van der Waals surface area contributed by atoms with Crippen LogP contribution in [0.5, 0.6) is 0 Å². The quantitative estimate of drug-likeness (QED) is 0.625. The summed E-state index contributed by atoms with van der Waals surface area (Å²) in [7, 11) is 0. The van der Waals surface area contributed by atoms with E-state index >= 15 is 0 Å². The number of aliphatic hydroxyl groups excluding tert-OH is 1. The summed E-state index contributed by atoms with van der Waals surface area (Å²) in [6, 6.07) is 0. The Morgan fingerprint density at radius 3 is 2.82 bits per heavy atom. The van der Waals surface area contributed by atoms with Crippen LogP contribution >= 0.6 is 0 Å². The van der Waals surface area contributed by atoms with Gasteiger partial charge in [0.25, 0.3) is 0 Å². The molecule has 2 atom stereocenters. The minimum absolute atomic E-state index is 0.0573. The van der Waals surface area contributed by atoms with Crippen molar-refractivity contribution in [2.45, 2.75) is 52.2 Å². The smallest absolute Gasteiger partial charge is 0.338 e. The van der Waals surface area contributed by atoms with Crippen LogP contribution in [0.15, 0.2) is 34.4 Å². The lowest BCUT2D eigenvalue weighted by molar-refractivity contribution is -0.142. The van der Waals surface area contributed by atoms with Crippen molar-refractivity contribution in [2.24, 2.45) is 0 Å². The molecule has 1 N–H and O–H groups in total. The zero-order chi connectivity index (χ0) is 16.3. The van der Waals surface area contributed by atoms with Crippen molar-refractivity contribution in [2.75, 3.05) is 6.61 Å². The van der Waals surface area contributed by atoms with Crippen molar-refractivity contribution in [3.8, 4) is 0 Å². The molecule has 22 heavy (non-hydrogen) atoms. The third-order valence-corrected chi connectivity index (χ3v) is 4.05. The van der Waals surface area contributed by atoms with Gasteiger partial charge in [-0.3, -0.25) is 4.79 Å². The molecule has 120 valence electrons. The SMILES string of the molecule is CC(=O)OCC1=C2CCC(C)=CC[C@H](O)/C(C)=C/[C@H]2OC1=O. The lowest BCUT2D eigenvalue weighted by Gasteiger charge is -2.17. The van der Waals surface area contributed by atoms with E-state index in [1.807, 2.05) is 19.9 Å². The normalized spacial score (nSPS) is 28.3. The summed E-state index contributed by atoms with van der Waals surface area (Å²) < 4.78 is 10.4. The molecular weight excluding hydrogens is 284 g/mol. The maximum atomic E-state index is 12.0. The minimum Gasteiger partial charge on any atom is -0.461 e. The van der Waals surface area contributed by atoms with Gasteiger partial charge in [0, 0.05) is 6.92 Å². The van der Waals surface area contributed by atoms with Crippen LogP contribution in [-0.2, 0) is 19.1 Å². The molecule has 5 heteroatoms. The van der Waals surface area contributed by atoms with Crippen molar-refractivity contribution in [1.82, 2.24) is 0 Å². The molecule has 0 aromatic carbocycles. The number of ether oxygens (including phenoxy) is 2. The van der Waals surface area contributed by atoms with E-state index in [1.165, 1.54) is 6.92 Å². The van der Waals surface area contributed by atoms with Gasteiger partial charge in [0.05, 0.1) is 11.7 Å². The molecule has 2 aliphatic rings. The van der Waals surface area contributed by atoms with Gasteiger partial charge < -0.3 is 14.6 Å². The molecule has 0 fully saturated rings. The Labute approximate surface area is 130 Å². The van der Waals surface area contributed by atoms with Crippen LogP contribution in [0.4, 0.5) is 0 Å². The summed E-state index contributed by atoms with van der Waals surface area (Å²) >= 11 is 0. The number of carbonyl (C=O) groups excluding carboxylic acids is 2. The van der Waals surface area contributed by atoms with Crippen LogP contribution in [0.1, 0.15) is 40.0 Å². The molecule has 0 aromatic heterocycles. The summed E-state index contributed by atoms with van der Waals surface area (Å²) in [6.07, 6.45) is 4.78. The molecule has 0 spiro atoms. The van der Waals surface area contributed by atoms with Crippen molar-refractivity contribution in [1.29, 1.82) is 0 Å². The topological polar surface area (TPSA) is 72.8 Å². The maximum Gasteiger partial charge on any atom is 0.338 e. The highest BCUT2D eigenvalue weighted by molar-refractivity contribution is 5.93. The summed E-state index contributed by atoms with van der Waals surface area (Å²) in [5, 5.41) is 10.1. The maximum absolute atomic E-state index is 12.0. The predicted molar refractivity (Wildman–Crippen MR) is 80.9 cm³/mol. The van der Waals surface area contributed by atoms with E-state index in [0.29, 0.717) is 18.4 Å². The molecular formula is C17H22O5. The van der Waals surface area contributed by atoms with Gasteiger partial charge in [-0.2, -0.15) is 0 Å². The van der Waals surface area contributed by atoms with Crippen LogP contribution in [0.3, 0.4) is 0 Å². The Kier molecular flexibility index (Phi) is 5.19. The van der Waals surface area contributed by atoms with E-state index in [4.69, 9.17) is 9.47 Å². The van der Waals surface area contributed by atoms with E-state index in [0.717, 1.165) is 23.1 Å². The van der Waals surface area contributed by atoms with Gasteiger partial charge in [-0.1, -0.05) is 11.6 Å². The van der Waals surface area contributed by atoms with Crippen molar-refractivity contribution >= 4 is 11.9 Å². The van der Waals surface area contributed by atoms with Crippen LogP contribution in [0.25, 0.3) is 0 Å². The molecule has 0 aromatic rings. The van der Waals surface area contributed by atoms with Gasteiger partial charge in [-0.15, -0.1) is 0 Å². The lowest BCUT2D eigenvalue weighted by atomic mass is 9.93. The Morgan fingerprint density at radius 1 is 1.41 bits per heavy atom. The van der Waals surface area contributed by atoms with Gasteiger partial charge in [0.1, 0.15) is 12.7 Å². The third-order valence-electron chi connectivity index (χ3n) is 4.05. The van der Waals surface area contributed by atoms with Crippen molar-refractivity contribution < 1.29 is 24.2 Å². The molecule has 0 saturated heterocycles. The molecule has 1 aliphatic heterocycles. The standard InChI is InChI=1S/C17H22O5/c1-10-4-6-13-14(9-21-12(3)18)17(20)22-16(13)8-11(2)15(19)7-5-10/h5,8,15-16,19H,4,6-7,9H2,1-3H3/b10-5?,11-8+/t15-,16+/m0/s1. The zero-order valence-electron chi connectivity index (χ0n) is 13.2. The summed E-state index contributed by atoms with van der Waals surface area (Å²) in [4.78, 5) is 23.0. The highest BCUT2D eigenvalue weighted by atomic mass is 16.6. The highest BCUT2D eigenvalue weighted by Gasteiger charge is 2.33. The monoisotopic (exact) mass is 306 g/mol. The molecule has 1 aliphatic carbocycles. The predicted octanol–water partition coefficient (Wildman–Crippen LogP) is 2.21. The van der Waals surface area contributed by atoms with Gasteiger partial charge in [0.15, 0.2) is 0 Å². The Balaban J connectivity index is 2.34. The van der Waals surface area contributed by atoms with Crippen LogP contribution in [-0.4, -0.2) is 35.9 Å². The van der Waals surface area contributed by atoms with Gasteiger partial charge in [0.2, 0.25) is 0 Å². The van der Waals surface area contributed by atoms with E-state index in [1.54, 1.807) is 6.08 Å². The van der Waals surface area contributed by atoms with Crippen molar-refractivity contribution in [3.63, 3.8) is 0 Å². The van der Waals surface area contributed by atoms with E-state index < -0.39 is 24.1 Å². The first-order valence-electron chi connectivity index (χ1n) is 7.46. The fraction of sp³-hybridized carbons (Fsp3) is 0.529. The molecule has 0 amide bonds. The molecule has 0 radical (unpaired) electrons. The molecule has 1 heterocycles. The Hall–Kier alpha value is -1.88. The third kappa shape index (κ3) is 3.85. The number of carbonyl (C=O) groups is 2. The number of rotatable bonds is 2. The number of esters is 2. The number of hydrogen-bond acceptors (Lipinski definition) is 5. The molecule has 0 unspecified atom stereocenters. The largest absolute Gasteiger partial charge is 0.461 e. The Bertz CT molecular complexity index is 568. The lowest BCUT2D eigenvalue weighted by Crippen LogP contribution is -2.15. The first-order chi connectivity index (χ1) is 10.4. The highest BCUT2D eigenvalue weighted by Crippen LogP contribution is 2.31. The van der Waals surface area contributed by atoms with Crippen LogP contribution in [0.2, 0.25) is 0 Å². The zero-order valence-corrected chi connectivity index (χ0v) is 13.2. The average Bonchev–Trinajstić information content (AvgIpc) is 2.74. The van der Waals surface area contributed by atoms with Gasteiger partial charge in [-0.25, -0.2) is 4.79 Å². The van der Waals surface area contributed by atoms with Gasteiger partial charge in [-0.05, 0) is 50.3 Å². The number of hydrogen-bond donors (Lipinski definition) is 1. The average molecular weight is 306 g/mol.